The highest BCUT2D eigenvalue weighted by Crippen LogP contribution is 2.28. The van der Waals surface area contributed by atoms with Gasteiger partial charge in [0.05, 0.1) is 12.5 Å². The van der Waals surface area contributed by atoms with Crippen LogP contribution in [0.25, 0.3) is 0 Å². The maximum absolute atomic E-state index is 8.92. The summed E-state index contributed by atoms with van der Waals surface area (Å²) in [6.45, 7) is 1.62. The van der Waals surface area contributed by atoms with E-state index >= 15 is 0 Å². The number of nitrogens with zero attached hydrogens (tertiary/aromatic N) is 2. The Bertz CT molecular complexity index is 631. The Balaban J connectivity index is 1.62. The molecule has 22 heavy (non-hydrogen) atoms. The van der Waals surface area contributed by atoms with Gasteiger partial charge in [-0.1, -0.05) is 30.3 Å². The zero-order chi connectivity index (χ0) is 15.2. The fourth-order valence-electron chi connectivity index (χ4n) is 2.97. The first-order valence-corrected chi connectivity index (χ1v) is 7.77. The summed E-state index contributed by atoms with van der Waals surface area (Å²) in [6, 6.07) is 21.0. The van der Waals surface area contributed by atoms with Crippen molar-refractivity contribution in [3.05, 3.63) is 60.2 Å². The average molecular weight is 292 g/mol. The van der Waals surface area contributed by atoms with Crippen LogP contribution in [0.15, 0.2) is 54.6 Å². The third kappa shape index (κ3) is 3.40. The lowest BCUT2D eigenvalue weighted by Crippen LogP contribution is -2.28. The van der Waals surface area contributed by atoms with Gasteiger partial charge in [-0.25, -0.2) is 0 Å². The topological polar surface area (TPSA) is 36.3 Å². The Hall–Kier alpha value is -2.47. The van der Waals surface area contributed by atoms with Gasteiger partial charge in [0.2, 0.25) is 0 Å². The molecule has 0 bridgehead atoms. The van der Waals surface area contributed by atoms with Crippen LogP contribution in [0.1, 0.15) is 24.8 Å². The Labute approximate surface area is 131 Å². The molecular formula is C19H20N2O. The quantitative estimate of drug-likeness (QED) is 0.830. The predicted octanol–water partition coefficient (Wildman–Crippen LogP) is 4.15. The molecule has 1 unspecified atom stereocenters. The van der Waals surface area contributed by atoms with Gasteiger partial charge in [-0.15, -0.1) is 0 Å². The van der Waals surface area contributed by atoms with E-state index in [2.05, 4.69) is 35.2 Å². The van der Waals surface area contributed by atoms with Crippen LogP contribution in [0, 0.1) is 11.3 Å². The molecule has 3 rings (SSSR count). The Morgan fingerprint density at radius 1 is 1.09 bits per heavy atom. The predicted molar refractivity (Wildman–Crippen MR) is 87.8 cm³/mol. The molecule has 3 heteroatoms. The highest BCUT2D eigenvalue weighted by Gasteiger charge is 2.24. The molecule has 2 aromatic rings. The molecule has 0 aromatic heterocycles. The number of nitriles is 1. The van der Waals surface area contributed by atoms with E-state index in [1.54, 1.807) is 0 Å². The van der Waals surface area contributed by atoms with E-state index in [4.69, 9.17) is 10.00 Å². The zero-order valence-corrected chi connectivity index (χ0v) is 12.6. The first-order chi connectivity index (χ1) is 10.9. The summed E-state index contributed by atoms with van der Waals surface area (Å²) in [5, 5.41) is 8.92. The lowest BCUT2D eigenvalue weighted by Gasteiger charge is -2.25. The maximum Gasteiger partial charge on any atom is 0.119 e. The van der Waals surface area contributed by atoms with E-state index in [9.17, 15) is 0 Å². The number of hydrogen-bond donors (Lipinski definition) is 0. The number of hydrogen-bond acceptors (Lipinski definition) is 3. The van der Waals surface area contributed by atoms with Crippen LogP contribution in [-0.4, -0.2) is 12.6 Å². The second-order valence-corrected chi connectivity index (χ2v) is 5.62. The Kier molecular flexibility index (Phi) is 4.60. The summed E-state index contributed by atoms with van der Waals surface area (Å²) in [7, 11) is 0. The van der Waals surface area contributed by atoms with Crippen LogP contribution < -0.4 is 9.64 Å². The van der Waals surface area contributed by atoms with Gasteiger partial charge in [-0.2, -0.15) is 5.26 Å². The molecule has 0 amide bonds. The standard InChI is InChI=1S/C19H20N2O/c20-13-12-17-7-4-14-21(17)18-8-10-19(11-9-18)22-15-16-5-2-1-3-6-16/h1-3,5-6,8-11,17H,4,7,12,14-15H2. The van der Waals surface area contributed by atoms with Crippen molar-refractivity contribution in [2.45, 2.75) is 31.9 Å². The molecule has 1 aliphatic rings. The number of ether oxygens (including phenoxy) is 1. The van der Waals surface area contributed by atoms with Crippen molar-refractivity contribution in [1.29, 1.82) is 5.26 Å². The largest absolute Gasteiger partial charge is 0.489 e. The molecule has 0 N–H and O–H groups in total. The minimum atomic E-state index is 0.362. The van der Waals surface area contributed by atoms with Gasteiger partial charge in [-0.05, 0) is 42.7 Å². The second kappa shape index (κ2) is 7.00. The molecule has 0 spiro atoms. The minimum Gasteiger partial charge on any atom is -0.489 e. The van der Waals surface area contributed by atoms with Gasteiger partial charge in [0.1, 0.15) is 12.4 Å². The van der Waals surface area contributed by atoms with E-state index in [1.165, 1.54) is 17.7 Å². The lowest BCUT2D eigenvalue weighted by molar-refractivity contribution is 0.306. The summed E-state index contributed by atoms with van der Waals surface area (Å²) < 4.78 is 5.81. The van der Waals surface area contributed by atoms with Crippen molar-refractivity contribution >= 4 is 5.69 Å². The Morgan fingerprint density at radius 2 is 1.86 bits per heavy atom. The van der Waals surface area contributed by atoms with Crippen molar-refractivity contribution in [1.82, 2.24) is 0 Å². The summed E-state index contributed by atoms with van der Waals surface area (Å²) in [5.74, 6) is 0.878. The van der Waals surface area contributed by atoms with E-state index in [0.717, 1.165) is 18.7 Å². The summed E-state index contributed by atoms with van der Waals surface area (Å²) in [6.07, 6.45) is 2.88. The highest BCUT2D eigenvalue weighted by molar-refractivity contribution is 5.51. The smallest absolute Gasteiger partial charge is 0.119 e. The molecule has 1 atom stereocenters. The van der Waals surface area contributed by atoms with Crippen molar-refractivity contribution in [3.63, 3.8) is 0 Å². The van der Waals surface area contributed by atoms with Crippen molar-refractivity contribution in [3.8, 4) is 11.8 Å². The van der Waals surface area contributed by atoms with E-state index in [0.29, 0.717) is 19.1 Å². The molecule has 112 valence electrons. The van der Waals surface area contributed by atoms with Crippen LogP contribution in [0.3, 0.4) is 0 Å². The van der Waals surface area contributed by atoms with Crippen LogP contribution in [0.5, 0.6) is 5.75 Å². The second-order valence-electron chi connectivity index (χ2n) is 5.62. The first-order valence-electron chi connectivity index (χ1n) is 7.77. The summed E-state index contributed by atoms with van der Waals surface area (Å²) in [5.41, 5.74) is 2.35. The lowest BCUT2D eigenvalue weighted by atomic mass is 10.1. The van der Waals surface area contributed by atoms with Crippen molar-refractivity contribution < 1.29 is 4.74 Å². The number of rotatable bonds is 5. The van der Waals surface area contributed by atoms with Gasteiger partial charge in [0.15, 0.2) is 0 Å². The van der Waals surface area contributed by atoms with Gasteiger partial charge >= 0.3 is 0 Å². The third-order valence-electron chi connectivity index (χ3n) is 4.12. The van der Waals surface area contributed by atoms with Crippen LogP contribution in [0.2, 0.25) is 0 Å². The SMILES string of the molecule is N#CCC1CCCN1c1ccc(OCc2ccccc2)cc1. The van der Waals surface area contributed by atoms with Crippen LogP contribution in [-0.2, 0) is 6.61 Å². The monoisotopic (exact) mass is 292 g/mol. The normalized spacial score (nSPS) is 17.2. The Morgan fingerprint density at radius 3 is 2.59 bits per heavy atom. The van der Waals surface area contributed by atoms with Gasteiger partial charge < -0.3 is 9.64 Å². The minimum absolute atomic E-state index is 0.362. The molecule has 2 aromatic carbocycles. The summed E-state index contributed by atoms with van der Waals surface area (Å²) >= 11 is 0. The maximum atomic E-state index is 8.92. The third-order valence-corrected chi connectivity index (χ3v) is 4.12. The molecule has 0 radical (unpaired) electrons. The average Bonchev–Trinajstić information content (AvgIpc) is 3.03. The fraction of sp³-hybridized carbons (Fsp3) is 0.316. The molecule has 1 saturated heterocycles. The first kappa shape index (κ1) is 14.5. The van der Waals surface area contributed by atoms with Gasteiger partial charge in [-0.3, -0.25) is 0 Å². The number of benzene rings is 2. The molecule has 0 aliphatic carbocycles. The molecular weight excluding hydrogens is 272 g/mol. The van der Waals surface area contributed by atoms with E-state index in [1.807, 2.05) is 30.3 Å². The van der Waals surface area contributed by atoms with E-state index in [-0.39, 0.29) is 0 Å². The highest BCUT2D eigenvalue weighted by atomic mass is 16.5. The molecule has 1 fully saturated rings. The van der Waals surface area contributed by atoms with Crippen LogP contribution >= 0.6 is 0 Å². The summed E-state index contributed by atoms with van der Waals surface area (Å²) in [4.78, 5) is 2.34. The number of anilines is 1. The molecule has 0 saturated carbocycles. The van der Waals surface area contributed by atoms with Gasteiger partial charge in [0, 0.05) is 18.3 Å². The molecule has 3 nitrogen and oxygen atoms in total. The van der Waals surface area contributed by atoms with Crippen molar-refractivity contribution in [2.75, 3.05) is 11.4 Å². The fourth-order valence-corrected chi connectivity index (χ4v) is 2.97. The zero-order valence-electron chi connectivity index (χ0n) is 12.6. The van der Waals surface area contributed by atoms with Crippen LogP contribution in [0.4, 0.5) is 5.69 Å². The van der Waals surface area contributed by atoms with Gasteiger partial charge in [0.25, 0.3) is 0 Å². The van der Waals surface area contributed by atoms with E-state index < -0.39 is 0 Å². The molecule has 1 aliphatic heterocycles. The van der Waals surface area contributed by atoms with Crippen molar-refractivity contribution in [2.24, 2.45) is 0 Å². The molecule has 1 heterocycles.